The van der Waals surface area contributed by atoms with Crippen LogP contribution < -0.4 is 10.5 Å². The molecule has 0 radical (unpaired) electrons. The Balaban J connectivity index is 1.83. The number of halogens is 2. The summed E-state index contributed by atoms with van der Waals surface area (Å²) in [6, 6.07) is 8.08. The smallest absolute Gasteiger partial charge is 0.387 e. The van der Waals surface area contributed by atoms with E-state index < -0.39 is 11.9 Å². The highest BCUT2D eigenvalue weighted by Crippen LogP contribution is 2.28. The van der Waals surface area contributed by atoms with Gasteiger partial charge in [0, 0.05) is 22.6 Å². The third-order valence-corrected chi connectivity index (χ3v) is 5.11. The third kappa shape index (κ3) is 4.16. The predicted molar refractivity (Wildman–Crippen MR) is 102 cm³/mol. The molecule has 0 amide bonds. The fourth-order valence-electron chi connectivity index (χ4n) is 2.93. The number of nitrogens with two attached hydrogens (primary N) is 1. The van der Waals surface area contributed by atoms with Crippen LogP contribution in [-0.4, -0.2) is 37.4 Å². The highest BCUT2D eigenvalue weighted by atomic mass is 32.2. The second-order valence-electron chi connectivity index (χ2n) is 6.12. The zero-order valence-corrected chi connectivity index (χ0v) is 16.3. The number of nitrogen functional groups attached to an aromatic ring is 1. The molecule has 2 heterocycles. The Morgan fingerprint density at radius 3 is 2.54 bits per heavy atom. The van der Waals surface area contributed by atoms with Crippen LogP contribution in [0.2, 0.25) is 0 Å². The minimum Gasteiger partial charge on any atom is -0.435 e. The van der Waals surface area contributed by atoms with E-state index in [4.69, 9.17) is 5.73 Å². The molecule has 3 aromatic rings. The molecule has 148 valence electrons. The van der Waals surface area contributed by atoms with E-state index in [1.165, 1.54) is 23.9 Å². The standard InChI is InChI=1S/C18H19F2N5O2S/c1-9-8-14(15(26)11(3)28-18-22-17(21)23-24-18)10(2)25(9)12-4-6-13(7-5-12)27-16(19)20/h4-8,11,16H,1-3H3,(H3,21,22,23,24). The van der Waals surface area contributed by atoms with Gasteiger partial charge in [-0.15, -0.1) is 5.10 Å². The second kappa shape index (κ2) is 8.01. The Labute approximate surface area is 164 Å². The minimum atomic E-state index is -2.87. The van der Waals surface area contributed by atoms with Crippen molar-refractivity contribution in [1.29, 1.82) is 0 Å². The number of H-pyrrole nitrogens is 1. The minimum absolute atomic E-state index is 0.0645. The van der Waals surface area contributed by atoms with Crippen molar-refractivity contribution in [1.82, 2.24) is 19.7 Å². The van der Waals surface area contributed by atoms with Crippen LogP contribution in [0.3, 0.4) is 0 Å². The molecule has 0 saturated carbocycles. The SMILES string of the molecule is Cc1cc(C(=O)C(C)Sc2n[nH]c(N)n2)c(C)n1-c1ccc(OC(F)F)cc1. The summed E-state index contributed by atoms with van der Waals surface area (Å²) in [5.74, 6) is 0.207. The van der Waals surface area contributed by atoms with Crippen molar-refractivity contribution < 1.29 is 18.3 Å². The summed E-state index contributed by atoms with van der Waals surface area (Å²) in [4.78, 5) is 16.9. The first-order valence-electron chi connectivity index (χ1n) is 8.39. The Morgan fingerprint density at radius 2 is 1.96 bits per heavy atom. The van der Waals surface area contributed by atoms with Gasteiger partial charge in [-0.2, -0.15) is 13.8 Å². The van der Waals surface area contributed by atoms with Gasteiger partial charge in [-0.3, -0.25) is 4.79 Å². The van der Waals surface area contributed by atoms with Crippen LogP contribution in [0.25, 0.3) is 5.69 Å². The first kappa shape index (κ1) is 19.9. The summed E-state index contributed by atoms with van der Waals surface area (Å²) in [6.45, 7) is 2.62. The van der Waals surface area contributed by atoms with Gasteiger partial charge in [0.15, 0.2) is 5.78 Å². The number of Topliss-reactive ketones (excluding diaryl/α,β-unsaturated/α-hetero) is 1. The van der Waals surface area contributed by atoms with E-state index in [1.54, 1.807) is 19.1 Å². The quantitative estimate of drug-likeness (QED) is 0.457. The number of benzene rings is 1. The number of hydrogen-bond acceptors (Lipinski definition) is 6. The van der Waals surface area contributed by atoms with Gasteiger partial charge in [-0.05, 0) is 51.1 Å². The Hall–Kier alpha value is -2.88. The van der Waals surface area contributed by atoms with Gasteiger partial charge < -0.3 is 15.0 Å². The number of carbonyl (C=O) groups excluding carboxylic acids is 1. The summed E-state index contributed by atoms with van der Waals surface area (Å²) in [5.41, 5.74) is 8.44. The molecule has 28 heavy (non-hydrogen) atoms. The first-order valence-corrected chi connectivity index (χ1v) is 9.27. The van der Waals surface area contributed by atoms with Crippen molar-refractivity contribution in [3.8, 4) is 11.4 Å². The van der Waals surface area contributed by atoms with Crippen molar-refractivity contribution in [2.24, 2.45) is 0 Å². The Kier molecular flexibility index (Phi) is 5.68. The zero-order valence-electron chi connectivity index (χ0n) is 15.4. The molecule has 10 heteroatoms. The molecule has 1 atom stereocenters. The molecule has 0 aliphatic heterocycles. The monoisotopic (exact) mass is 407 g/mol. The number of carbonyl (C=O) groups is 1. The molecule has 1 unspecified atom stereocenters. The zero-order chi connectivity index (χ0) is 20.4. The van der Waals surface area contributed by atoms with E-state index >= 15 is 0 Å². The number of hydrogen-bond donors (Lipinski definition) is 2. The van der Waals surface area contributed by atoms with Crippen LogP contribution in [0.5, 0.6) is 5.75 Å². The lowest BCUT2D eigenvalue weighted by Gasteiger charge is -2.12. The molecule has 1 aromatic carbocycles. The normalized spacial score (nSPS) is 12.4. The third-order valence-electron chi connectivity index (χ3n) is 4.15. The average Bonchev–Trinajstić information content (AvgIpc) is 3.17. The van der Waals surface area contributed by atoms with E-state index in [1.807, 2.05) is 24.5 Å². The Morgan fingerprint density at radius 1 is 1.29 bits per heavy atom. The number of thioether (sulfide) groups is 1. The lowest BCUT2D eigenvalue weighted by atomic mass is 10.1. The largest absolute Gasteiger partial charge is 0.435 e. The van der Waals surface area contributed by atoms with Crippen LogP contribution in [0, 0.1) is 13.8 Å². The number of anilines is 1. The van der Waals surface area contributed by atoms with E-state index in [2.05, 4.69) is 19.9 Å². The predicted octanol–water partition coefficient (Wildman–Crippen LogP) is 3.76. The van der Waals surface area contributed by atoms with Gasteiger partial charge in [0.2, 0.25) is 11.1 Å². The van der Waals surface area contributed by atoms with Crippen molar-refractivity contribution in [3.63, 3.8) is 0 Å². The molecule has 2 aromatic heterocycles. The summed E-state index contributed by atoms with van der Waals surface area (Å²) >= 11 is 1.21. The molecule has 0 bridgehead atoms. The van der Waals surface area contributed by atoms with E-state index in [0.29, 0.717) is 10.7 Å². The molecule has 0 spiro atoms. The van der Waals surface area contributed by atoms with E-state index in [9.17, 15) is 13.6 Å². The van der Waals surface area contributed by atoms with Gasteiger partial charge in [0.1, 0.15) is 5.75 Å². The van der Waals surface area contributed by atoms with Gasteiger partial charge in [-0.1, -0.05) is 11.8 Å². The van der Waals surface area contributed by atoms with Gasteiger partial charge in [-0.25, -0.2) is 5.10 Å². The number of nitrogens with one attached hydrogen (secondary N) is 1. The van der Waals surface area contributed by atoms with E-state index in [-0.39, 0.29) is 17.5 Å². The van der Waals surface area contributed by atoms with E-state index in [0.717, 1.165) is 17.1 Å². The number of aryl methyl sites for hydroxylation is 1. The van der Waals surface area contributed by atoms with Crippen LogP contribution in [0.4, 0.5) is 14.7 Å². The molecule has 0 saturated heterocycles. The summed E-state index contributed by atoms with van der Waals surface area (Å²) in [5, 5.41) is 6.46. The van der Waals surface area contributed by atoms with Gasteiger partial charge in [0.25, 0.3) is 0 Å². The maximum atomic E-state index is 12.9. The van der Waals surface area contributed by atoms with Crippen LogP contribution in [-0.2, 0) is 0 Å². The molecular weight excluding hydrogens is 388 g/mol. The molecule has 3 N–H and O–H groups in total. The van der Waals surface area contributed by atoms with Crippen LogP contribution >= 0.6 is 11.8 Å². The average molecular weight is 407 g/mol. The summed E-state index contributed by atoms with van der Waals surface area (Å²) in [7, 11) is 0. The summed E-state index contributed by atoms with van der Waals surface area (Å²) < 4.78 is 30.9. The lowest BCUT2D eigenvalue weighted by molar-refractivity contribution is -0.0498. The number of nitrogens with zero attached hydrogens (tertiary/aromatic N) is 3. The highest BCUT2D eigenvalue weighted by Gasteiger charge is 2.23. The molecule has 7 nitrogen and oxygen atoms in total. The first-order chi connectivity index (χ1) is 13.3. The molecule has 0 aliphatic carbocycles. The van der Waals surface area contributed by atoms with Crippen molar-refractivity contribution in [2.45, 2.75) is 37.8 Å². The number of ketones is 1. The lowest BCUT2D eigenvalue weighted by Crippen LogP contribution is -2.15. The number of ether oxygens (including phenoxy) is 1. The van der Waals surface area contributed by atoms with Crippen molar-refractivity contribution >= 4 is 23.5 Å². The highest BCUT2D eigenvalue weighted by molar-refractivity contribution is 8.00. The topological polar surface area (TPSA) is 98.8 Å². The molecule has 3 rings (SSSR count). The fraction of sp³-hybridized carbons (Fsp3) is 0.278. The van der Waals surface area contributed by atoms with Crippen molar-refractivity contribution in [2.75, 3.05) is 5.73 Å². The van der Waals surface area contributed by atoms with Crippen molar-refractivity contribution in [3.05, 3.63) is 47.3 Å². The molecular formula is C18H19F2N5O2S. The maximum absolute atomic E-state index is 12.9. The van der Waals surface area contributed by atoms with Gasteiger partial charge in [0.05, 0.1) is 5.25 Å². The van der Waals surface area contributed by atoms with Crippen LogP contribution in [0.15, 0.2) is 35.5 Å². The van der Waals surface area contributed by atoms with Gasteiger partial charge >= 0.3 is 6.61 Å². The maximum Gasteiger partial charge on any atom is 0.387 e. The van der Waals surface area contributed by atoms with Crippen LogP contribution in [0.1, 0.15) is 28.7 Å². The molecule has 0 aliphatic rings. The number of alkyl halides is 2. The fourth-order valence-corrected chi connectivity index (χ4v) is 3.73. The number of aromatic amines is 1. The number of aromatic nitrogens is 4. The number of rotatable bonds is 7. The molecule has 0 fully saturated rings. The summed E-state index contributed by atoms with van der Waals surface area (Å²) in [6.07, 6.45) is 0. The Bertz CT molecular complexity index is 985. The second-order valence-corrected chi connectivity index (χ2v) is 7.43.